The third-order valence-corrected chi connectivity index (χ3v) is 5.41. The first kappa shape index (κ1) is 22.2. The summed E-state index contributed by atoms with van der Waals surface area (Å²) in [7, 11) is 1.36. The molecule has 30 heavy (non-hydrogen) atoms. The maximum atomic E-state index is 12.7. The van der Waals surface area contributed by atoms with Crippen molar-refractivity contribution in [3.05, 3.63) is 64.1 Å². The van der Waals surface area contributed by atoms with Crippen LogP contribution in [0.15, 0.2) is 53.0 Å². The van der Waals surface area contributed by atoms with E-state index < -0.39 is 12.2 Å². The number of nitrogens with one attached hydrogen (secondary N) is 1. The van der Waals surface area contributed by atoms with Crippen molar-refractivity contribution in [3.8, 4) is 11.5 Å². The van der Waals surface area contributed by atoms with E-state index in [1.165, 1.54) is 25.3 Å². The molecule has 0 radical (unpaired) electrons. The average molecular weight is 482 g/mol. The van der Waals surface area contributed by atoms with Gasteiger partial charge in [-0.1, -0.05) is 34.1 Å². The molecule has 0 atom stereocenters. The minimum Gasteiger partial charge on any atom is -0.493 e. The van der Waals surface area contributed by atoms with E-state index in [0.717, 1.165) is 10.0 Å². The topological polar surface area (TPSA) is 56.8 Å². The number of benzene rings is 2. The SMILES string of the molecule is COc1cc(/C=C/C(=O)NC2(c3cccc(Br)c3)CCOCC2)ccc1OC(F)F. The Morgan fingerprint density at radius 1 is 1.20 bits per heavy atom. The molecule has 0 aliphatic carbocycles. The Kier molecular flexibility index (Phi) is 7.44. The van der Waals surface area contributed by atoms with Crippen molar-refractivity contribution in [1.82, 2.24) is 5.32 Å². The summed E-state index contributed by atoms with van der Waals surface area (Å²) in [6.07, 6.45) is 4.34. The highest BCUT2D eigenvalue weighted by Gasteiger charge is 2.35. The Labute approximate surface area is 182 Å². The van der Waals surface area contributed by atoms with Crippen molar-refractivity contribution >= 4 is 27.9 Å². The molecule has 2 aromatic carbocycles. The van der Waals surface area contributed by atoms with Crippen molar-refractivity contribution in [1.29, 1.82) is 0 Å². The van der Waals surface area contributed by atoms with Crippen LogP contribution in [0.4, 0.5) is 8.78 Å². The van der Waals surface area contributed by atoms with Gasteiger partial charge in [0.2, 0.25) is 5.91 Å². The van der Waals surface area contributed by atoms with E-state index in [1.54, 1.807) is 12.1 Å². The molecule has 2 aromatic rings. The Balaban J connectivity index is 1.76. The minimum atomic E-state index is -2.94. The molecular weight excluding hydrogens is 460 g/mol. The molecule has 1 saturated heterocycles. The molecule has 1 aliphatic heterocycles. The van der Waals surface area contributed by atoms with Crippen LogP contribution in [-0.2, 0) is 15.1 Å². The van der Waals surface area contributed by atoms with Crippen molar-refractivity contribution in [2.45, 2.75) is 25.0 Å². The number of hydrogen-bond acceptors (Lipinski definition) is 4. The van der Waals surface area contributed by atoms with E-state index in [-0.39, 0.29) is 17.4 Å². The molecule has 1 N–H and O–H groups in total. The molecule has 0 saturated carbocycles. The number of halogens is 3. The highest BCUT2D eigenvalue weighted by molar-refractivity contribution is 9.10. The lowest BCUT2D eigenvalue weighted by Gasteiger charge is -2.38. The summed E-state index contributed by atoms with van der Waals surface area (Å²) < 4.78 is 40.8. The lowest BCUT2D eigenvalue weighted by Crippen LogP contribution is -2.49. The molecule has 0 unspecified atom stereocenters. The standard InChI is InChI=1S/C22H22BrF2NO4/c1-28-19-13-15(5-7-18(19)30-21(24)25)6-8-20(27)26-22(9-11-29-12-10-22)16-3-2-4-17(23)14-16/h2-8,13-14,21H,9-12H2,1H3,(H,26,27)/b8-6+. The fraction of sp³-hybridized carbons (Fsp3) is 0.318. The van der Waals surface area contributed by atoms with Crippen LogP contribution in [0.2, 0.25) is 0 Å². The number of ether oxygens (including phenoxy) is 3. The molecular formula is C22H22BrF2NO4. The van der Waals surface area contributed by atoms with E-state index >= 15 is 0 Å². The van der Waals surface area contributed by atoms with Gasteiger partial charge in [0.1, 0.15) is 0 Å². The summed E-state index contributed by atoms with van der Waals surface area (Å²) in [5.41, 5.74) is 1.11. The average Bonchev–Trinajstić information content (AvgIpc) is 2.73. The number of amides is 1. The number of hydrogen-bond donors (Lipinski definition) is 1. The van der Waals surface area contributed by atoms with Gasteiger partial charge in [-0.2, -0.15) is 8.78 Å². The molecule has 0 spiro atoms. The first-order chi connectivity index (χ1) is 14.4. The lowest BCUT2D eigenvalue weighted by molar-refractivity contribution is -0.119. The monoisotopic (exact) mass is 481 g/mol. The van der Waals surface area contributed by atoms with Crippen LogP contribution in [0.25, 0.3) is 6.08 Å². The van der Waals surface area contributed by atoms with Crippen LogP contribution < -0.4 is 14.8 Å². The molecule has 8 heteroatoms. The quantitative estimate of drug-likeness (QED) is 0.571. The molecule has 3 rings (SSSR count). The van der Waals surface area contributed by atoms with Crippen molar-refractivity contribution < 1.29 is 27.8 Å². The smallest absolute Gasteiger partial charge is 0.387 e. The Morgan fingerprint density at radius 3 is 2.63 bits per heavy atom. The van der Waals surface area contributed by atoms with Crippen LogP contribution in [0, 0.1) is 0 Å². The van der Waals surface area contributed by atoms with Crippen molar-refractivity contribution in [2.75, 3.05) is 20.3 Å². The molecule has 0 aromatic heterocycles. The molecule has 1 fully saturated rings. The fourth-order valence-electron chi connectivity index (χ4n) is 3.42. The Bertz CT molecular complexity index is 914. The summed E-state index contributed by atoms with van der Waals surface area (Å²) in [4.78, 5) is 12.7. The van der Waals surface area contributed by atoms with E-state index in [4.69, 9.17) is 9.47 Å². The fourth-order valence-corrected chi connectivity index (χ4v) is 3.82. The van der Waals surface area contributed by atoms with Gasteiger partial charge >= 0.3 is 6.61 Å². The normalized spacial score (nSPS) is 15.9. The second kappa shape index (κ2) is 10.0. The van der Waals surface area contributed by atoms with Gasteiger partial charge in [-0.15, -0.1) is 0 Å². The van der Waals surface area contributed by atoms with Gasteiger partial charge < -0.3 is 19.5 Å². The molecule has 160 valence electrons. The number of methoxy groups -OCH3 is 1. The van der Waals surface area contributed by atoms with Crippen LogP contribution in [-0.4, -0.2) is 32.8 Å². The van der Waals surface area contributed by atoms with Gasteiger partial charge in [0.15, 0.2) is 11.5 Å². The van der Waals surface area contributed by atoms with Gasteiger partial charge in [0, 0.05) is 23.8 Å². The molecule has 0 bridgehead atoms. The van der Waals surface area contributed by atoms with Crippen LogP contribution >= 0.6 is 15.9 Å². The second-order valence-electron chi connectivity index (χ2n) is 6.82. The first-order valence-electron chi connectivity index (χ1n) is 9.39. The van der Waals surface area contributed by atoms with Gasteiger partial charge in [-0.25, -0.2) is 0 Å². The van der Waals surface area contributed by atoms with Crippen LogP contribution in [0.3, 0.4) is 0 Å². The lowest BCUT2D eigenvalue weighted by atomic mass is 9.82. The zero-order chi connectivity index (χ0) is 21.6. The van der Waals surface area contributed by atoms with Gasteiger partial charge in [0.05, 0.1) is 12.6 Å². The summed E-state index contributed by atoms with van der Waals surface area (Å²) in [5.74, 6) is -0.165. The van der Waals surface area contributed by atoms with E-state index in [9.17, 15) is 13.6 Å². The highest BCUT2D eigenvalue weighted by atomic mass is 79.9. The zero-order valence-electron chi connectivity index (χ0n) is 16.4. The molecule has 1 aliphatic rings. The minimum absolute atomic E-state index is 0.0649. The number of carbonyl (C=O) groups excluding carboxylic acids is 1. The van der Waals surface area contributed by atoms with Crippen LogP contribution in [0.5, 0.6) is 11.5 Å². The molecule has 5 nitrogen and oxygen atoms in total. The maximum absolute atomic E-state index is 12.7. The summed E-state index contributed by atoms with van der Waals surface area (Å²) in [5, 5.41) is 3.13. The number of rotatable bonds is 7. The number of alkyl halides is 2. The van der Waals surface area contributed by atoms with Gasteiger partial charge in [-0.3, -0.25) is 4.79 Å². The van der Waals surface area contributed by atoms with Crippen LogP contribution in [0.1, 0.15) is 24.0 Å². The first-order valence-corrected chi connectivity index (χ1v) is 10.2. The molecule has 1 amide bonds. The highest BCUT2D eigenvalue weighted by Crippen LogP contribution is 2.34. The molecule has 1 heterocycles. The van der Waals surface area contributed by atoms with E-state index in [2.05, 4.69) is 26.0 Å². The third-order valence-electron chi connectivity index (χ3n) is 4.92. The largest absolute Gasteiger partial charge is 0.493 e. The van der Waals surface area contributed by atoms with Gasteiger partial charge in [-0.05, 0) is 54.3 Å². The Hall–Kier alpha value is -2.45. The zero-order valence-corrected chi connectivity index (χ0v) is 18.0. The predicted octanol–water partition coefficient (Wildman–Crippen LogP) is 4.89. The van der Waals surface area contributed by atoms with Crippen molar-refractivity contribution in [3.63, 3.8) is 0 Å². The van der Waals surface area contributed by atoms with Gasteiger partial charge in [0.25, 0.3) is 0 Å². The summed E-state index contributed by atoms with van der Waals surface area (Å²) in [6, 6.07) is 12.3. The number of carbonyl (C=O) groups is 1. The summed E-state index contributed by atoms with van der Waals surface area (Å²) >= 11 is 3.49. The third kappa shape index (κ3) is 5.58. The van der Waals surface area contributed by atoms with E-state index in [1.807, 2.05) is 24.3 Å². The van der Waals surface area contributed by atoms with Crippen molar-refractivity contribution in [2.24, 2.45) is 0 Å². The van der Waals surface area contributed by atoms with E-state index in [0.29, 0.717) is 31.6 Å². The Morgan fingerprint density at radius 2 is 1.97 bits per heavy atom. The summed E-state index contributed by atoms with van der Waals surface area (Å²) in [6.45, 7) is -1.83. The maximum Gasteiger partial charge on any atom is 0.387 e. The second-order valence-corrected chi connectivity index (χ2v) is 7.73. The predicted molar refractivity (Wildman–Crippen MR) is 113 cm³/mol.